The van der Waals surface area contributed by atoms with E-state index in [4.69, 9.17) is 13.9 Å². The van der Waals surface area contributed by atoms with Crippen LogP contribution in [0.1, 0.15) is 38.6 Å². The second-order valence-corrected chi connectivity index (χ2v) is 8.40. The molecule has 0 unspecified atom stereocenters. The number of methoxy groups -OCH3 is 2. The Morgan fingerprint density at radius 1 is 1.15 bits per heavy atom. The van der Waals surface area contributed by atoms with E-state index in [9.17, 15) is 19.6 Å². The number of allylic oxidation sites excluding steroid dienone is 1. The van der Waals surface area contributed by atoms with Crippen LogP contribution in [0.5, 0.6) is 11.5 Å². The maximum Gasteiger partial charge on any atom is 0.373 e. The minimum absolute atomic E-state index is 0.0319. The summed E-state index contributed by atoms with van der Waals surface area (Å²) in [6.07, 6.45) is 3.68. The molecule has 0 radical (unpaired) electrons. The first kappa shape index (κ1) is 26.8. The number of hydrogen-bond acceptors (Lipinski definition) is 8. The van der Waals surface area contributed by atoms with Crippen LogP contribution in [0.15, 0.2) is 71.3 Å². The van der Waals surface area contributed by atoms with Gasteiger partial charge < -0.3 is 23.9 Å². The number of hydrogen-bond donors (Lipinski definition) is 1. The maximum atomic E-state index is 13.0. The van der Waals surface area contributed by atoms with E-state index < -0.39 is 17.9 Å². The number of esters is 1. The zero-order valence-electron chi connectivity index (χ0n) is 21.4. The second kappa shape index (κ2) is 11.8. The van der Waals surface area contributed by atoms with Gasteiger partial charge in [-0.3, -0.25) is 9.69 Å². The molecule has 198 valence electrons. The highest BCUT2D eigenvalue weighted by Crippen LogP contribution is 2.35. The number of carbonyl (C=O) groups is 3. The molecule has 39 heavy (non-hydrogen) atoms. The van der Waals surface area contributed by atoms with Crippen molar-refractivity contribution in [2.24, 2.45) is 0 Å². The number of carbonyl (C=O) groups excluding carboxylic acids is 3. The predicted octanol–water partition coefficient (Wildman–Crippen LogP) is 4.35. The number of urea groups is 1. The third kappa shape index (κ3) is 5.83. The van der Waals surface area contributed by atoms with Gasteiger partial charge in [0.15, 0.2) is 11.5 Å². The smallest absolute Gasteiger partial charge is 0.373 e. The Balaban J connectivity index is 1.58. The van der Waals surface area contributed by atoms with Gasteiger partial charge in [0.1, 0.15) is 18.1 Å². The third-order valence-electron chi connectivity index (χ3n) is 5.88. The van der Waals surface area contributed by atoms with Crippen molar-refractivity contribution in [3.8, 4) is 17.6 Å². The first-order chi connectivity index (χ1) is 18.9. The summed E-state index contributed by atoms with van der Waals surface area (Å²) in [4.78, 5) is 38.1. The summed E-state index contributed by atoms with van der Waals surface area (Å²) >= 11 is 0. The van der Waals surface area contributed by atoms with Gasteiger partial charge in [-0.05, 0) is 48.4 Å². The number of nitrogens with one attached hydrogen (secondary N) is 1. The van der Waals surface area contributed by atoms with Crippen LogP contribution in [-0.4, -0.2) is 37.0 Å². The Morgan fingerprint density at radius 3 is 2.67 bits per heavy atom. The molecule has 0 saturated carbocycles. The summed E-state index contributed by atoms with van der Waals surface area (Å²) < 4.78 is 21.6. The highest BCUT2D eigenvalue weighted by Gasteiger charge is 2.34. The fourth-order valence-corrected chi connectivity index (χ4v) is 4.01. The largest absolute Gasteiger partial charge is 0.493 e. The number of benzene rings is 2. The Hall–Kier alpha value is -5.30. The molecular weight excluding hydrogens is 502 g/mol. The average molecular weight is 528 g/mol. The van der Waals surface area contributed by atoms with Gasteiger partial charge in [-0.2, -0.15) is 5.26 Å². The Kier molecular flexibility index (Phi) is 8.12. The van der Waals surface area contributed by atoms with Crippen LogP contribution in [0, 0.1) is 11.3 Å². The first-order valence-corrected chi connectivity index (χ1v) is 11.8. The van der Waals surface area contributed by atoms with Crippen LogP contribution in [-0.2, 0) is 29.1 Å². The molecule has 2 heterocycles. The summed E-state index contributed by atoms with van der Waals surface area (Å²) in [6, 6.07) is 15.1. The van der Waals surface area contributed by atoms with Crippen LogP contribution in [0.4, 0.5) is 4.79 Å². The van der Waals surface area contributed by atoms with Gasteiger partial charge in [-0.1, -0.05) is 24.3 Å². The summed E-state index contributed by atoms with van der Waals surface area (Å²) in [6.45, 7) is 3.80. The molecule has 0 aliphatic carbocycles. The molecule has 3 aromatic rings. The molecule has 1 saturated heterocycles. The van der Waals surface area contributed by atoms with Crippen molar-refractivity contribution in [2.75, 3.05) is 14.2 Å². The molecule has 1 fully saturated rings. The molecule has 1 aliphatic heterocycles. The van der Waals surface area contributed by atoms with Gasteiger partial charge in [0, 0.05) is 11.1 Å². The van der Waals surface area contributed by atoms with E-state index in [1.165, 1.54) is 32.4 Å². The number of imide groups is 1. The topological polar surface area (TPSA) is 131 Å². The Morgan fingerprint density at radius 2 is 1.95 bits per heavy atom. The summed E-state index contributed by atoms with van der Waals surface area (Å²) in [7, 11) is 2.72. The lowest BCUT2D eigenvalue weighted by Crippen LogP contribution is -2.30. The minimum atomic E-state index is -0.662. The molecule has 0 bridgehead atoms. The molecule has 1 aromatic heterocycles. The zero-order valence-corrected chi connectivity index (χ0v) is 21.4. The number of nitriles is 1. The first-order valence-electron chi connectivity index (χ1n) is 11.8. The van der Waals surface area contributed by atoms with Crippen LogP contribution in [0.25, 0.3) is 6.08 Å². The van der Waals surface area contributed by atoms with Crippen molar-refractivity contribution in [1.29, 1.82) is 5.26 Å². The summed E-state index contributed by atoms with van der Waals surface area (Å²) in [5.74, 6) is -0.117. The predicted molar refractivity (Wildman–Crippen MR) is 139 cm³/mol. The number of ether oxygens (including phenoxy) is 3. The Labute approximate surface area is 224 Å². The van der Waals surface area contributed by atoms with Crippen molar-refractivity contribution < 1.29 is 33.0 Å². The molecule has 0 spiro atoms. The van der Waals surface area contributed by atoms with Crippen molar-refractivity contribution in [1.82, 2.24) is 10.2 Å². The molecule has 4 rings (SSSR count). The lowest BCUT2D eigenvalue weighted by Gasteiger charge is -2.16. The monoisotopic (exact) mass is 527 g/mol. The molecular formula is C29H25N3O7. The lowest BCUT2D eigenvalue weighted by molar-refractivity contribution is -0.123. The van der Waals surface area contributed by atoms with Crippen LogP contribution in [0.2, 0.25) is 0 Å². The quantitative estimate of drug-likeness (QED) is 0.178. The zero-order chi connectivity index (χ0) is 27.9. The van der Waals surface area contributed by atoms with Crippen LogP contribution >= 0.6 is 0 Å². The highest BCUT2D eigenvalue weighted by atomic mass is 16.5. The molecule has 10 heteroatoms. The lowest BCUT2D eigenvalue weighted by atomic mass is 10.0. The fourth-order valence-electron chi connectivity index (χ4n) is 4.01. The number of nitrogens with zero attached hydrogens (tertiary/aromatic N) is 2. The Bertz CT molecular complexity index is 1510. The van der Waals surface area contributed by atoms with Crippen molar-refractivity contribution in [3.05, 3.63) is 101 Å². The number of rotatable bonds is 10. The van der Waals surface area contributed by atoms with E-state index in [-0.39, 0.29) is 30.4 Å². The van der Waals surface area contributed by atoms with Gasteiger partial charge in [-0.25, -0.2) is 9.59 Å². The summed E-state index contributed by atoms with van der Waals surface area (Å²) in [5, 5.41) is 11.9. The SMILES string of the molecule is C=CCc1cc(/C=C2\NC(=O)N(Cc3ccc(C(=O)OC)o3)C2=O)cc(OC)c1OCc1ccccc1C#N. The fraction of sp³-hybridized carbons (Fsp3) is 0.172. The van der Waals surface area contributed by atoms with Gasteiger partial charge >= 0.3 is 12.0 Å². The van der Waals surface area contributed by atoms with Gasteiger partial charge in [-0.15, -0.1) is 6.58 Å². The van der Waals surface area contributed by atoms with Crippen molar-refractivity contribution in [3.63, 3.8) is 0 Å². The van der Waals surface area contributed by atoms with E-state index >= 15 is 0 Å². The standard InChI is InChI=1S/C29H25N3O7/c1-4-7-19-12-18(14-25(36-2)26(19)38-17-21-9-6-5-8-20(21)15-30)13-23-27(33)32(29(35)31-23)16-22-10-11-24(39-22)28(34)37-3/h4-6,8-14H,1,7,16-17H2,2-3H3,(H,31,35)/b23-13-. The normalized spacial score (nSPS) is 13.7. The highest BCUT2D eigenvalue weighted by molar-refractivity contribution is 6.13. The summed E-state index contributed by atoms with van der Waals surface area (Å²) in [5.41, 5.74) is 2.63. The van der Waals surface area contributed by atoms with Crippen molar-refractivity contribution in [2.45, 2.75) is 19.6 Å². The molecule has 2 aromatic carbocycles. The number of amides is 3. The molecule has 10 nitrogen and oxygen atoms in total. The van der Waals surface area contributed by atoms with Gasteiger partial charge in [0.05, 0.1) is 32.4 Å². The third-order valence-corrected chi connectivity index (χ3v) is 5.88. The van der Waals surface area contributed by atoms with E-state index in [1.807, 2.05) is 12.1 Å². The van der Waals surface area contributed by atoms with Crippen LogP contribution in [0.3, 0.4) is 0 Å². The van der Waals surface area contributed by atoms with E-state index in [1.54, 1.807) is 30.3 Å². The van der Waals surface area contributed by atoms with Gasteiger partial charge in [0.25, 0.3) is 5.91 Å². The maximum absolute atomic E-state index is 13.0. The van der Waals surface area contributed by atoms with E-state index in [0.29, 0.717) is 29.0 Å². The average Bonchev–Trinajstić information content (AvgIpc) is 3.52. The number of furan rings is 1. The van der Waals surface area contributed by atoms with Crippen molar-refractivity contribution >= 4 is 24.0 Å². The molecule has 3 amide bonds. The minimum Gasteiger partial charge on any atom is -0.493 e. The molecule has 0 atom stereocenters. The van der Waals surface area contributed by atoms with Gasteiger partial charge in [0.2, 0.25) is 5.76 Å². The second-order valence-electron chi connectivity index (χ2n) is 8.40. The van der Waals surface area contributed by atoms with E-state index in [2.05, 4.69) is 22.7 Å². The molecule has 1 aliphatic rings. The van der Waals surface area contributed by atoms with E-state index in [0.717, 1.165) is 16.0 Å². The molecule has 1 N–H and O–H groups in total. The van der Waals surface area contributed by atoms with Crippen LogP contribution < -0.4 is 14.8 Å².